The summed E-state index contributed by atoms with van der Waals surface area (Å²) in [7, 11) is 0. The van der Waals surface area contributed by atoms with E-state index in [1.807, 2.05) is 6.92 Å². The first kappa shape index (κ1) is 23.3. The number of aromatic nitrogens is 1. The lowest BCUT2D eigenvalue weighted by molar-refractivity contribution is -0.131. The van der Waals surface area contributed by atoms with Crippen molar-refractivity contribution < 1.29 is 27.5 Å². The zero-order valence-corrected chi connectivity index (χ0v) is 18.6. The van der Waals surface area contributed by atoms with Gasteiger partial charge in [-0.2, -0.15) is 0 Å². The number of hydrogen-bond acceptors (Lipinski definition) is 2. The number of alkyl halides is 2. The van der Waals surface area contributed by atoms with Gasteiger partial charge in [0.25, 0.3) is 0 Å². The monoisotopic (exact) mass is 462 g/mol. The first-order valence-electron chi connectivity index (χ1n) is 10.8. The number of carboxylic acids is 1. The second kappa shape index (κ2) is 8.48. The number of fused-ring (bicyclic) bond motifs is 3. The molecule has 2 aliphatic rings. The number of nitrogens with zero attached hydrogens (tertiary/aromatic N) is 1. The highest BCUT2D eigenvalue weighted by Crippen LogP contribution is 2.47. The van der Waals surface area contributed by atoms with Crippen molar-refractivity contribution >= 4 is 16.9 Å². The van der Waals surface area contributed by atoms with Gasteiger partial charge in [0.1, 0.15) is 23.5 Å². The second-order valence-electron chi connectivity index (χ2n) is 9.43. The Kier molecular flexibility index (Phi) is 5.99. The number of allylic oxidation sites excluding steroid dienone is 4. The van der Waals surface area contributed by atoms with Gasteiger partial charge in [-0.05, 0) is 74.8 Å². The van der Waals surface area contributed by atoms with Crippen molar-refractivity contribution in [2.24, 2.45) is 5.92 Å². The lowest BCUT2D eigenvalue weighted by Gasteiger charge is -2.46. The van der Waals surface area contributed by atoms with Crippen molar-refractivity contribution in [2.75, 3.05) is 6.54 Å². The molecule has 4 rings (SSSR count). The van der Waals surface area contributed by atoms with Crippen LogP contribution in [0.15, 0.2) is 53.9 Å². The van der Waals surface area contributed by atoms with Crippen LogP contribution in [0.3, 0.4) is 0 Å². The molecule has 0 radical (unpaired) electrons. The number of halogens is 4. The number of nitrogens with one attached hydrogen (secondary N) is 1. The minimum Gasteiger partial charge on any atom is -0.478 e. The molecule has 1 aliphatic heterocycles. The van der Waals surface area contributed by atoms with Crippen LogP contribution in [-0.2, 0) is 11.2 Å². The largest absolute Gasteiger partial charge is 0.478 e. The fourth-order valence-corrected chi connectivity index (χ4v) is 4.98. The molecule has 176 valence electrons. The fourth-order valence-electron chi connectivity index (χ4n) is 4.98. The van der Waals surface area contributed by atoms with Gasteiger partial charge in [-0.15, -0.1) is 0 Å². The third-order valence-electron chi connectivity index (χ3n) is 6.25. The number of rotatable bonds is 5. The highest BCUT2D eigenvalue weighted by Gasteiger charge is 2.46. The molecule has 2 N–H and O–H groups in total. The molecule has 2 unspecified atom stereocenters. The Hall–Kier alpha value is -2.87. The van der Waals surface area contributed by atoms with Crippen molar-refractivity contribution in [3.8, 4) is 0 Å². The summed E-state index contributed by atoms with van der Waals surface area (Å²) in [5, 5.41) is 9.46. The molecule has 4 atom stereocenters. The van der Waals surface area contributed by atoms with Crippen LogP contribution in [0.2, 0.25) is 0 Å². The zero-order valence-electron chi connectivity index (χ0n) is 18.6. The van der Waals surface area contributed by atoms with Crippen molar-refractivity contribution in [1.82, 2.24) is 9.88 Å². The van der Waals surface area contributed by atoms with E-state index in [0.29, 0.717) is 23.0 Å². The number of hydrogen-bond donors (Lipinski definition) is 2. The van der Waals surface area contributed by atoms with E-state index in [-0.39, 0.29) is 18.2 Å². The fraction of sp³-hybridized carbons (Fsp3) is 0.400. The number of carboxylic acid groups (broad SMARTS) is 1. The number of benzene rings is 1. The minimum absolute atomic E-state index is 0.0476. The molecule has 0 fully saturated rings. The molecule has 8 heteroatoms. The zero-order chi connectivity index (χ0) is 24.1. The maximum atomic E-state index is 15.5. The predicted molar refractivity (Wildman–Crippen MR) is 118 cm³/mol. The Morgan fingerprint density at radius 2 is 2.06 bits per heavy atom. The van der Waals surface area contributed by atoms with E-state index in [1.165, 1.54) is 32.1 Å². The van der Waals surface area contributed by atoms with Gasteiger partial charge in [-0.25, -0.2) is 22.4 Å². The Balaban J connectivity index is 1.84. The standard InChI is InChI=1S/C25H26F4N2O2/c1-13-8-17-16-11-15(26)5-6-20(16)30-23(17)24(31(13)12-25(2,3)29)22-18(27)9-14(10-19(22)28)4-7-21(32)33/h4-7,9-11,13,18,22,24,30H,8,12H2,1-3H3,(H,32,33)/b7-4+/t13-,18?,22?,24-/m1/s1. The highest BCUT2D eigenvalue weighted by atomic mass is 19.2. The van der Waals surface area contributed by atoms with Gasteiger partial charge >= 0.3 is 5.97 Å². The van der Waals surface area contributed by atoms with Crippen LogP contribution >= 0.6 is 0 Å². The maximum Gasteiger partial charge on any atom is 0.328 e. The summed E-state index contributed by atoms with van der Waals surface area (Å²) >= 11 is 0. The molecule has 1 aliphatic carbocycles. The molecule has 2 heterocycles. The Morgan fingerprint density at radius 3 is 2.70 bits per heavy atom. The quantitative estimate of drug-likeness (QED) is 0.441. The molecule has 1 aromatic heterocycles. The summed E-state index contributed by atoms with van der Waals surface area (Å²) in [6.45, 7) is 4.66. The molecule has 0 amide bonds. The van der Waals surface area contributed by atoms with Gasteiger partial charge in [0.05, 0.1) is 12.0 Å². The van der Waals surface area contributed by atoms with E-state index in [4.69, 9.17) is 5.11 Å². The second-order valence-corrected chi connectivity index (χ2v) is 9.43. The van der Waals surface area contributed by atoms with Crippen LogP contribution < -0.4 is 0 Å². The summed E-state index contributed by atoms with van der Waals surface area (Å²) in [6, 6.07) is 3.19. The Bertz CT molecular complexity index is 1180. The van der Waals surface area contributed by atoms with Gasteiger partial charge in [-0.1, -0.05) is 0 Å². The number of carbonyl (C=O) groups is 1. The summed E-state index contributed by atoms with van der Waals surface area (Å²) in [5.74, 6) is -3.67. The van der Waals surface area contributed by atoms with Gasteiger partial charge in [-0.3, -0.25) is 4.90 Å². The lowest BCUT2D eigenvalue weighted by Crippen LogP contribution is -2.51. The first-order chi connectivity index (χ1) is 15.4. The van der Waals surface area contributed by atoms with Gasteiger partial charge in [0, 0.05) is 35.3 Å². The third kappa shape index (κ3) is 4.62. The van der Waals surface area contributed by atoms with Crippen LogP contribution in [0.5, 0.6) is 0 Å². The molecule has 0 bridgehead atoms. The van der Waals surface area contributed by atoms with E-state index >= 15 is 8.78 Å². The topological polar surface area (TPSA) is 56.3 Å². The Morgan fingerprint density at radius 1 is 1.33 bits per heavy atom. The summed E-state index contributed by atoms with van der Waals surface area (Å²) < 4.78 is 59.6. The Labute approximate surface area is 189 Å². The molecule has 0 saturated carbocycles. The van der Waals surface area contributed by atoms with Crippen molar-refractivity contribution in [2.45, 2.75) is 51.1 Å². The van der Waals surface area contributed by atoms with E-state index in [9.17, 15) is 13.6 Å². The normalized spacial score (nSPS) is 26.4. The molecular formula is C25H26F4N2O2. The SMILES string of the molecule is C[C@@H]1Cc2c([nH]c3ccc(F)cc23)[C@@H](C2C(F)=CC(/C=C/C(=O)O)=CC2F)N1CC(C)(C)F. The van der Waals surface area contributed by atoms with Gasteiger partial charge in [0.2, 0.25) is 0 Å². The smallest absolute Gasteiger partial charge is 0.328 e. The average Bonchev–Trinajstić information content (AvgIpc) is 3.04. The molecule has 4 nitrogen and oxygen atoms in total. The number of H-pyrrole nitrogens is 1. The van der Waals surface area contributed by atoms with Crippen molar-refractivity contribution in [1.29, 1.82) is 0 Å². The first-order valence-corrected chi connectivity index (χ1v) is 10.8. The summed E-state index contributed by atoms with van der Waals surface area (Å²) in [4.78, 5) is 15.8. The third-order valence-corrected chi connectivity index (χ3v) is 6.25. The molecule has 1 aromatic carbocycles. The van der Waals surface area contributed by atoms with Gasteiger partial charge < -0.3 is 10.1 Å². The van der Waals surface area contributed by atoms with Crippen LogP contribution in [0.1, 0.15) is 38.1 Å². The van der Waals surface area contributed by atoms with Crippen LogP contribution in [0.4, 0.5) is 17.6 Å². The van der Waals surface area contributed by atoms with E-state index in [0.717, 1.165) is 23.8 Å². The lowest BCUT2D eigenvalue weighted by atomic mass is 9.79. The highest BCUT2D eigenvalue weighted by molar-refractivity contribution is 5.85. The maximum absolute atomic E-state index is 15.5. The van der Waals surface area contributed by atoms with Crippen molar-refractivity contribution in [3.05, 3.63) is 71.0 Å². The number of aliphatic carboxylic acids is 1. The van der Waals surface area contributed by atoms with E-state index in [1.54, 1.807) is 11.0 Å². The molecular weight excluding hydrogens is 436 g/mol. The average molecular weight is 462 g/mol. The van der Waals surface area contributed by atoms with Crippen LogP contribution in [0, 0.1) is 11.7 Å². The van der Waals surface area contributed by atoms with Gasteiger partial charge in [0.15, 0.2) is 0 Å². The van der Waals surface area contributed by atoms with Crippen molar-refractivity contribution in [3.63, 3.8) is 0 Å². The van der Waals surface area contributed by atoms with Crippen LogP contribution in [0.25, 0.3) is 10.9 Å². The molecule has 33 heavy (non-hydrogen) atoms. The summed E-state index contributed by atoms with van der Waals surface area (Å²) in [5.41, 5.74) is 0.464. The van der Waals surface area contributed by atoms with E-state index < -0.39 is 41.4 Å². The van der Waals surface area contributed by atoms with Crippen LogP contribution in [-0.4, -0.2) is 45.4 Å². The van der Waals surface area contributed by atoms with E-state index in [2.05, 4.69) is 4.98 Å². The minimum atomic E-state index is -1.78. The molecule has 0 spiro atoms. The molecule has 0 saturated heterocycles. The predicted octanol–water partition coefficient (Wildman–Crippen LogP) is 5.73. The summed E-state index contributed by atoms with van der Waals surface area (Å²) in [6.07, 6.45) is 2.93. The molecule has 2 aromatic rings. The number of aromatic amines is 1.